The minimum Gasteiger partial charge on any atom is -0.357 e. The number of nitrogens with zero attached hydrogens (tertiary/aromatic N) is 2. The third-order valence-electron chi connectivity index (χ3n) is 3.32. The van der Waals surface area contributed by atoms with E-state index in [2.05, 4.69) is 22.2 Å². The molecule has 0 atom stereocenters. The molecule has 1 rings (SSSR count). The molecule has 0 saturated heterocycles. The molecule has 0 aliphatic carbocycles. The van der Waals surface area contributed by atoms with Crippen molar-refractivity contribution in [2.45, 2.75) is 31.4 Å². The molecular weight excluding hydrogens is 344 g/mol. The normalized spacial score (nSPS) is 12.4. The minimum atomic E-state index is -3.36. The fourth-order valence-electron chi connectivity index (χ4n) is 2.11. The number of guanidine groups is 1. The summed E-state index contributed by atoms with van der Waals surface area (Å²) in [6, 6.07) is 3.57. The molecule has 1 aromatic rings. The smallest absolute Gasteiger partial charge is 0.252 e. The lowest BCUT2D eigenvalue weighted by Gasteiger charge is -2.16. The first-order valence-electron chi connectivity index (χ1n) is 8.21. The van der Waals surface area contributed by atoms with Gasteiger partial charge in [-0.1, -0.05) is 19.9 Å². The van der Waals surface area contributed by atoms with Crippen LogP contribution in [0.2, 0.25) is 0 Å². The van der Waals surface area contributed by atoms with Crippen molar-refractivity contribution in [1.82, 2.24) is 14.9 Å². The maximum atomic E-state index is 12.5. The maximum Gasteiger partial charge on any atom is 0.252 e. The van der Waals surface area contributed by atoms with Gasteiger partial charge in [-0.2, -0.15) is 4.31 Å². The SMILES string of the molecule is C=CCNC(=NCCc1ccc(S(=O)(=O)N(CC)CC)s1)NCC. The number of hydrogen-bond acceptors (Lipinski definition) is 4. The van der Waals surface area contributed by atoms with E-state index in [1.165, 1.54) is 15.6 Å². The van der Waals surface area contributed by atoms with Crippen molar-refractivity contribution < 1.29 is 8.42 Å². The van der Waals surface area contributed by atoms with Gasteiger partial charge >= 0.3 is 0 Å². The Morgan fingerprint density at radius 3 is 2.58 bits per heavy atom. The van der Waals surface area contributed by atoms with Gasteiger partial charge in [0.15, 0.2) is 5.96 Å². The van der Waals surface area contributed by atoms with Gasteiger partial charge in [0.05, 0.1) is 0 Å². The molecule has 0 bridgehead atoms. The number of sulfonamides is 1. The Morgan fingerprint density at radius 2 is 2.00 bits per heavy atom. The maximum absolute atomic E-state index is 12.5. The zero-order valence-corrected chi connectivity index (χ0v) is 16.3. The molecule has 0 aliphatic heterocycles. The van der Waals surface area contributed by atoms with Gasteiger partial charge in [-0.25, -0.2) is 8.42 Å². The van der Waals surface area contributed by atoms with E-state index in [4.69, 9.17) is 0 Å². The predicted molar refractivity (Wildman–Crippen MR) is 102 cm³/mol. The first-order valence-corrected chi connectivity index (χ1v) is 10.5. The van der Waals surface area contributed by atoms with E-state index >= 15 is 0 Å². The monoisotopic (exact) mass is 372 g/mol. The van der Waals surface area contributed by atoms with Crippen molar-refractivity contribution in [3.8, 4) is 0 Å². The van der Waals surface area contributed by atoms with Gasteiger partial charge in [-0.05, 0) is 19.1 Å². The lowest BCUT2D eigenvalue weighted by molar-refractivity contribution is 0.447. The molecule has 8 heteroatoms. The van der Waals surface area contributed by atoms with Crippen LogP contribution in [0.15, 0.2) is 34.0 Å². The molecule has 0 aromatic carbocycles. The molecule has 2 N–H and O–H groups in total. The summed E-state index contributed by atoms with van der Waals surface area (Å²) in [6.45, 7) is 12.4. The molecule has 0 aliphatic rings. The highest BCUT2D eigenvalue weighted by atomic mass is 32.2. The first kappa shape index (κ1) is 20.7. The standard InChI is InChI=1S/C16H28N4O2S2/c1-5-12-18-16(17-6-2)19-13-11-14-9-10-15(23-14)24(21,22)20(7-3)8-4/h5,9-10H,1,6-8,11-13H2,2-4H3,(H2,17,18,19). The predicted octanol–water partition coefficient (Wildman–Crippen LogP) is 2.06. The van der Waals surface area contributed by atoms with Crippen molar-refractivity contribution in [1.29, 1.82) is 0 Å². The van der Waals surface area contributed by atoms with Crippen molar-refractivity contribution in [2.75, 3.05) is 32.7 Å². The average Bonchev–Trinajstić information content (AvgIpc) is 3.03. The van der Waals surface area contributed by atoms with Gasteiger partial charge in [-0.15, -0.1) is 17.9 Å². The van der Waals surface area contributed by atoms with Gasteiger partial charge in [-0.3, -0.25) is 4.99 Å². The quantitative estimate of drug-likeness (QED) is 0.375. The Kier molecular flexibility index (Phi) is 9.02. The van der Waals surface area contributed by atoms with Crippen LogP contribution in [-0.2, 0) is 16.4 Å². The lowest BCUT2D eigenvalue weighted by atomic mass is 10.3. The fourth-order valence-corrected chi connectivity index (χ4v) is 5.07. The molecule has 0 spiro atoms. The Hall–Kier alpha value is -1.38. The van der Waals surface area contributed by atoms with Crippen molar-refractivity contribution in [3.63, 3.8) is 0 Å². The molecule has 6 nitrogen and oxygen atoms in total. The van der Waals surface area contributed by atoms with Gasteiger partial charge in [0, 0.05) is 44.0 Å². The summed E-state index contributed by atoms with van der Waals surface area (Å²) in [4.78, 5) is 5.50. The third kappa shape index (κ3) is 5.92. The highest BCUT2D eigenvalue weighted by Crippen LogP contribution is 2.25. The second-order valence-corrected chi connectivity index (χ2v) is 8.32. The van der Waals surface area contributed by atoms with E-state index in [0.29, 0.717) is 36.8 Å². The topological polar surface area (TPSA) is 73.8 Å². The molecule has 0 fully saturated rings. The second-order valence-electron chi connectivity index (χ2n) is 4.99. The largest absolute Gasteiger partial charge is 0.357 e. The summed E-state index contributed by atoms with van der Waals surface area (Å²) in [5.74, 6) is 0.741. The van der Waals surface area contributed by atoms with E-state index in [1.807, 2.05) is 26.8 Å². The van der Waals surface area contributed by atoms with Gasteiger partial charge in [0.25, 0.3) is 10.0 Å². The van der Waals surface area contributed by atoms with Crippen LogP contribution in [0.4, 0.5) is 0 Å². The van der Waals surface area contributed by atoms with Crippen molar-refractivity contribution in [3.05, 3.63) is 29.7 Å². The highest BCUT2D eigenvalue weighted by molar-refractivity contribution is 7.91. The van der Waals surface area contributed by atoms with E-state index in [9.17, 15) is 8.42 Å². The number of nitrogens with one attached hydrogen (secondary N) is 2. The van der Waals surface area contributed by atoms with Crippen LogP contribution in [0, 0.1) is 0 Å². The van der Waals surface area contributed by atoms with Crippen LogP contribution in [0.5, 0.6) is 0 Å². The number of aliphatic imine (C=N–C) groups is 1. The highest BCUT2D eigenvalue weighted by Gasteiger charge is 2.23. The van der Waals surface area contributed by atoms with Crippen molar-refractivity contribution in [2.24, 2.45) is 4.99 Å². The Morgan fingerprint density at radius 1 is 1.29 bits per heavy atom. The molecule has 0 amide bonds. The zero-order valence-electron chi connectivity index (χ0n) is 14.7. The average molecular weight is 373 g/mol. The Bertz CT molecular complexity index is 634. The molecule has 0 saturated carbocycles. The van der Waals surface area contributed by atoms with Gasteiger partial charge in [0.1, 0.15) is 4.21 Å². The van der Waals surface area contributed by atoms with Crippen LogP contribution < -0.4 is 10.6 Å². The van der Waals surface area contributed by atoms with Crippen LogP contribution in [0.3, 0.4) is 0 Å². The van der Waals surface area contributed by atoms with Crippen LogP contribution >= 0.6 is 11.3 Å². The molecule has 136 valence electrons. The summed E-state index contributed by atoms with van der Waals surface area (Å²) in [6.07, 6.45) is 2.49. The minimum absolute atomic E-state index is 0.405. The lowest BCUT2D eigenvalue weighted by Crippen LogP contribution is -2.37. The summed E-state index contributed by atoms with van der Waals surface area (Å²) >= 11 is 1.33. The Balaban J connectivity index is 2.71. The molecule has 24 heavy (non-hydrogen) atoms. The van der Waals surface area contributed by atoms with Crippen molar-refractivity contribution >= 4 is 27.3 Å². The van der Waals surface area contributed by atoms with Crippen LogP contribution in [0.1, 0.15) is 25.6 Å². The Labute approximate surface area is 149 Å². The molecule has 1 heterocycles. The number of thiophene rings is 1. The van der Waals surface area contributed by atoms with E-state index in [1.54, 1.807) is 12.1 Å². The van der Waals surface area contributed by atoms with Gasteiger partial charge in [0.2, 0.25) is 0 Å². The van der Waals surface area contributed by atoms with Gasteiger partial charge < -0.3 is 10.6 Å². The molecular formula is C16H28N4O2S2. The molecule has 0 unspecified atom stereocenters. The first-order chi connectivity index (χ1) is 11.5. The summed E-state index contributed by atoms with van der Waals surface area (Å²) in [5.41, 5.74) is 0. The molecule has 0 radical (unpaired) electrons. The van der Waals surface area contributed by atoms with E-state index < -0.39 is 10.0 Å². The zero-order chi connectivity index (χ0) is 18.0. The summed E-state index contributed by atoms with van der Waals surface area (Å²) in [7, 11) is -3.36. The van der Waals surface area contributed by atoms with Crippen LogP contribution in [-0.4, -0.2) is 51.4 Å². The molecule has 1 aromatic heterocycles. The fraction of sp³-hybridized carbons (Fsp3) is 0.562. The summed E-state index contributed by atoms with van der Waals surface area (Å²) < 4.78 is 26.8. The third-order valence-corrected chi connectivity index (χ3v) is 6.99. The second kappa shape index (κ2) is 10.5. The number of rotatable bonds is 10. The van der Waals surface area contributed by atoms with E-state index in [-0.39, 0.29) is 0 Å². The summed E-state index contributed by atoms with van der Waals surface area (Å²) in [5, 5.41) is 6.29. The number of hydrogen-bond donors (Lipinski definition) is 2. The van der Waals surface area contributed by atoms with E-state index in [0.717, 1.165) is 17.4 Å². The van der Waals surface area contributed by atoms with Crippen LogP contribution in [0.25, 0.3) is 0 Å².